The van der Waals surface area contributed by atoms with Gasteiger partial charge in [-0.25, -0.2) is 4.39 Å². The lowest BCUT2D eigenvalue weighted by Gasteiger charge is -2.19. The van der Waals surface area contributed by atoms with Crippen molar-refractivity contribution >= 4 is 18.9 Å². The molecule has 0 spiro atoms. The summed E-state index contributed by atoms with van der Waals surface area (Å²) in [6, 6.07) is 13.3. The highest BCUT2D eigenvalue weighted by Crippen LogP contribution is 2.19. The van der Waals surface area contributed by atoms with Gasteiger partial charge in [0, 0.05) is 5.56 Å². The zero-order valence-electron chi connectivity index (χ0n) is 13.4. The lowest BCUT2D eigenvalue weighted by Crippen LogP contribution is -2.38. The highest BCUT2D eigenvalue weighted by Gasteiger charge is 2.20. The summed E-state index contributed by atoms with van der Waals surface area (Å²) in [6.45, 7) is 0. The number of nitrogens with one attached hydrogen (secondary N) is 2. The Hall–Kier alpha value is -2.71. The number of amides is 2. The van der Waals surface area contributed by atoms with Gasteiger partial charge in [-0.1, -0.05) is 30.3 Å². The summed E-state index contributed by atoms with van der Waals surface area (Å²) in [5.41, 5.74) is 0.846. The highest BCUT2D eigenvalue weighted by molar-refractivity contribution is 6.41. The Morgan fingerprint density at radius 2 is 1.80 bits per heavy atom. The second-order valence-electron chi connectivity index (χ2n) is 5.44. The average molecular weight is 344 g/mol. The Kier molecular flexibility index (Phi) is 6.67. The van der Waals surface area contributed by atoms with Crippen molar-refractivity contribution in [3.8, 4) is 0 Å². The summed E-state index contributed by atoms with van der Waals surface area (Å²) < 4.78 is 13.5. The Balaban J connectivity index is 2.14. The Bertz CT molecular complexity index is 728. The molecule has 0 saturated carbocycles. The summed E-state index contributed by atoms with van der Waals surface area (Å²) in [5.74, 6) is -1.39. The molecule has 2 amide bonds. The number of carbonyl (C=O) groups is 2. The molecule has 0 heterocycles. The maximum absolute atomic E-state index is 13.5. The van der Waals surface area contributed by atoms with Crippen LogP contribution in [0.3, 0.4) is 0 Å². The van der Waals surface area contributed by atoms with Crippen LogP contribution in [-0.4, -0.2) is 35.4 Å². The quantitative estimate of drug-likeness (QED) is 0.559. The van der Waals surface area contributed by atoms with Crippen LogP contribution in [0, 0.1) is 5.82 Å². The molecule has 2 rings (SSSR count). The van der Waals surface area contributed by atoms with E-state index in [1.807, 2.05) is 0 Å². The van der Waals surface area contributed by atoms with E-state index in [9.17, 15) is 14.0 Å². The largest absolute Gasteiger partial charge is 0.472 e. The van der Waals surface area contributed by atoms with E-state index in [1.165, 1.54) is 18.2 Å². The molecule has 1 atom stereocenters. The molecule has 0 fully saturated rings. The van der Waals surface area contributed by atoms with Gasteiger partial charge in [0.05, 0.1) is 18.9 Å². The summed E-state index contributed by atoms with van der Waals surface area (Å²) in [4.78, 5) is 24.3. The molecule has 0 aromatic heterocycles. The van der Waals surface area contributed by atoms with Crippen LogP contribution in [0.5, 0.6) is 0 Å². The van der Waals surface area contributed by atoms with Crippen LogP contribution in [0.2, 0.25) is 0 Å². The van der Waals surface area contributed by atoms with Crippen molar-refractivity contribution < 1.29 is 24.0 Å². The standard InChI is InChI=1S/C17H18BFN2O4/c19-14-8-4-7-13(9-14)15(10-16(22)20-11-18(24)25)21-17(23)12-5-2-1-3-6-12/h1-9,15,24-25H,10-11H2,(H,20,22)(H,21,23). The maximum Gasteiger partial charge on any atom is 0.472 e. The van der Waals surface area contributed by atoms with Gasteiger partial charge in [-0.3, -0.25) is 9.59 Å². The fraction of sp³-hybridized carbons (Fsp3) is 0.176. The topological polar surface area (TPSA) is 98.7 Å². The highest BCUT2D eigenvalue weighted by atomic mass is 19.1. The monoisotopic (exact) mass is 344 g/mol. The number of hydrogen-bond donors (Lipinski definition) is 4. The van der Waals surface area contributed by atoms with E-state index in [1.54, 1.807) is 36.4 Å². The van der Waals surface area contributed by atoms with Crippen LogP contribution in [0.25, 0.3) is 0 Å². The number of rotatable bonds is 7. The van der Waals surface area contributed by atoms with Gasteiger partial charge < -0.3 is 20.7 Å². The van der Waals surface area contributed by atoms with E-state index in [2.05, 4.69) is 10.6 Å². The second-order valence-corrected chi connectivity index (χ2v) is 5.44. The number of benzene rings is 2. The van der Waals surface area contributed by atoms with Crippen LogP contribution in [0.4, 0.5) is 4.39 Å². The van der Waals surface area contributed by atoms with E-state index >= 15 is 0 Å². The van der Waals surface area contributed by atoms with Gasteiger partial charge in [0.25, 0.3) is 5.91 Å². The third kappa shape index (κ3) is 6.02. The molecule has 0 aliphatic rings. The van der Waals surface area contributed by atoms with Crippen LogP contribution >= 0.6 is 0 Å². The molecule has 0 aliphatic carbocycles. The third-order valence-electron chi connectivity index (χ3n) is 3.46. The molecular formula is C17H18BFN2O4. The first-order valence-corrected chi connectivity index (χ1v) is 7.70. The van der Waals surface area contributed by atoms with Crippen LogP contribution in [0.15, 0.2) is 54.6 Å². The van der Waals surface area contributed by atoms with Gasteiger partial charge in [-0.2, -0.15) is 0 Å². The average Bonchev–Trinajstić information content (AvgIpc) is 2.60. The zero-order valence-corrected chi connectivity index (χ0v) is 13.4. The molecule has 8 heteroatoms. The lowest BCUT2D eigenvalue weighted by atomic mass is 9.92. The van der Waals surface area contributed by atoms with Crippen molar-refractivity contribution in [2.24, 2.45) is 0 Å². The first-order valence-electron chi connectivity index (χ1n) is 7.70. The molecule has 1 unspecified atom stereocenters. The molecule has 0 saturated heterocycles. The van der Waals surface area contributed by atoms with E-state index in [0.29, 0.717) is 11.1 Å². The Morgan fingerprint density at radius 3 is 2.44 bits per heavy atom. The molecule has 2 aromatic rings. The number of hydrogen-bond acceptors (Lipinski definition) is 4. The van der Waals surface area contributed by atoms with Crippen LogP contribution in [-0.2, 0) is 4.79 Å². The normalized spacial score (nSPS) is 11.5. The van der Waals surface area contributed by atoms with Gasteiger partial charge >= 0.3 is 7.12 Å². The Labute approximate surface area is 144 Å². The van der Waals surface area contributed by atoms with E-state index in [0.717, 1.165) is 0 Å². The van der Waals surface area contributed by atoms with Gasteiger partial charge in [-0.05, 0) is 29.8 Å². The fourth-order valence-corrected chi connectivity index (χ4v) is 2.27. The maximum atomic E-state index is 13.5. The van der Waals surface area contributed by atoms with Gasteiger partial charge in [-0.15, -0.1) is 0 Å². The third-order valence-corrected chi connectivity index (χ3v) is 3.46. The minimum absolute atomic E-state index is 0.172. The Morgan fingerprint density at radius 1 is 1.08 bits per heavy atom. The van der Waals surface area contributed by atoms with Crippen molar-refractivity contribution in [3.05, 3.63) is 71.5 Å². The van der Waals surface area contributed by atoms with Crippen molar-refractivity contribution in [3.63, 3.8) is 0 Å². The van der Waals surface area contributed by atoms with E-state index in [4.69, 9.17) is 10.0 Å². The first kappa shape index (κ1) is 18.6. The van der Waals surface area contributed by atoms with Crippen molar-refractivity contribution in [2.75, 3.05) is 6.44 Å². The molecule has 0 bridgehead atoms. The minimum atomic E-state index is -1.67. The predicted octanol–water partition coefficient (Wildman–Crippen LogP) is 0.815. The fourth-order valence-electron chi connectivity index (χ4n) is 2.27. The van der Waals surface area contributed by atoms with Gasteiger partial charge in [0.15, 0.2) is 0 Å². The SMILES string of the molecule is O=C(CC(NC(=O)c1ccccc1)c1cccc(F)c1)NCB(O)O. The number of carbonyl (C=O) groups excluding carboxylic acids is 2. The molecular weight excluding hydrogens is 326 g/mol. The first-order chi connectivity index (χ1) is 12.0. The molecule has 0 radical (unpaired) electrons. The summed E-state index contributed by atoms with van der Waals surface area (Å²) >= 11 is 0. The van der Waals surface area contributed by atoms with Crippen molar-refractivity contribution in [2.45, 2.75) is 12.5 Å². The van der Waals surface area contributed by atoms with Gasteiger partial charge in [0.1, 0.15) is 5.82 Å². The van der Waals surface area contributed by atoms with Crippen molar-refractivity contribution in [1.29, 1.82) is 0 Å². The molecule has 4 N–H and O–H groups in total. The van der Waals surface area contributed by atoms with Crippen LogP contribution in [0.1, 0.15) is 28.4 Å². The minimum Gasteiger partial charge on any atom is -0.426 e. The smallest absolute Gasteiger partial charge is 0.426 e. The second kappa shape index (κ2) is 8.96. The predicted molar refractivity (Wildman–Crippen MR) is 90.9 cm³/mol. The molecule has 0 aliphatic heterocycles. The summed E-state index contributed by atoms with van der Waals surface area (Å²) in [5, 5.41) is 22.6. The van der Waals surface area contributed by atoms with Crippen LogP contribution < -0.4 is 10.6 Å². The van der Waals surface area contributed by atoms with E-state index in [-0.39, 0.29) is 12.9 Å². The molecule has 130 valence electrons. The lowest BCUT2D eigenvalue weighted by molar-refractivity contribution is -0.121. The number of halogens is 1. The van der Waals surface area contributed by atoms with Crippen molar-refractivity contribution in [1.82, 2.24) is 10.6 Å². The van der Waals surface area contributed by atoms with Gasteiger partial charge in [0.2, 0.25) is 5.91 Å². The summed E-state index contributed by atoms with van der Waals surface area (Å²) in [7, 11) is -1.67. The molecule has 2 aromatic carbocycles. The summed E-state index contributed by atoms with van der Waals surface area (Å²) in [6.07, 6.45) is -0.504. The zero-order chi connectivity index (χ0) is 18.2. The molecule has 6 nitrogen and oxygen atoms in total. The molecule has 25 heavy (non-hydrogen) atoms. The van der Waals surface area contributed by atoms with E-state index < -0.39 is 30.8 Å².